The molecule has 0 aliphatic carbocycles. The van der Waals surface area contributed by atoms with Crippen molar-refractivity contribution in [1.29, 1.82) is 0 Å². The molecule has 0 fully saturated rings. The van der Waals surface area contributed by atoms with Crippen molar-refractivity contribution in [2.75, 3.05) is 7.05 Å². The SMILES string of the molecule is CN(Cc1ccccn1)C(=O)c1cnsn1. The van der Waals surface area contributed by atoms with Gasteiger partial charge in [0.25, 0.3) is 5.91 Å². The fraction of sp³-hybridized carbons (Fsp3) is 0.200. The number of rotatable bonds is 3. The Kier molecular flexibility index (Phi) is 3.21. The van der Waals surface area contributed by atoms with E-state index in [1.54, 1.807) is 18.1 Å². The first-order chi connectivity index (χ1) is 7.77. The fourth-order valence-electron chi connectivity index (χ4n) is 1.26. The molecule has 0 spiro atoms. The molecule has 0 atom stereocenters. The van der Waals surface area contributed by atoms with E-state index in [9.17, 15) is 4.79 Å². The van der Waals surface area contributed by atoms with Crippen LogP contribution in [0.3, 0.4) is 0 Å². The third-order valence-corrected chi connectivity index (χ3v) is 2.53. The molecule has 0 unspecified atom stereocenters. The maximum atomic E-state index is 11.8. The van der Waals surface area contributed by atoms with Gasteiger partial charge in [-0.2, -0.15) is 8.75 Å². The van der Waals surface area contributed by atoms with Gasteiger partial charge in [0.05, 0.1) is 30.2 Å². The Labute approximate surface area is 97.1 Å². The molecule has 0 aliphatic rings. The molecule has 2 aromatic heterocycles. The number of hydrogen-bond donors (Lipinski definition) is 0. The molecule has 6 heteroatoms. The molecule has 0 aliphatic heterocycles. The maximum absolute atomic E-state index is 11.8. The van der Waals surface area contributed by atoms with Crippen LogP contribution in [0, 0.1) is 0 Å². The molecule has 0 aromatic carbocycles. The first-order valence-corrected chi connectivity index (χ1v) is 5.43. The van der Waals surface area contributed by atoms with Crippen molar-refractivity contribution in [3.63, 3.8) is 0 Å². The quantitative estimate of drug-likeness (QED) is 0.800. The molecular formula is C10H10N4OS. The number of hydrogen-bond acceptors (Lipinski definition) is 5. The topological polar surface area (TPSA) is 59.0 Å². The highest BCUT2D eigenvalue weighted by Crippen LogP contribution is 2.04. The lowest BCUT2D eigenvalue weighted by Crippen LogP contribution is -2.26. The zero-order chi connectivity index (χ0) is 11.4. The van der Waals surface area contributed by atoms with Crippen molar-refractivity contribution in [3.8, 4) is 0 Å². The van der Waals surface area contributed by atoms with Gasteiger partial charge in [-0.05, 0) is 12.1 Å². The van der Waals surface area contributed by atoms with Crippen LogP contribution in [-0.2, 0) is 6.54 Å². The van der Waals surface area contributed by atoms with Crippen LogP contribution < -0.4 is 0 Å². The second-order valence-corrected chi connectivity index (χ2v) is 3.83. The molecule has 0 bridgehead atoms. The molecule has 5 nitrogen and oxygen atoms in total. The molecule has 2 aromatic rings. The van der Waals surface area contributed by atoms with Gasteiger partial charge in [-0.1, -0.05) is 6.07 Å². The normalized spacial score (nSPS) is 10.1. The van der Waals surface area contributed by atoms with Crippen molar-refractivity contribution >= 4 is 17.6 Å². The number of pyridine rings is 1. The van der Waals surface area contributed by atoms with E-state index in [0.29, 0.717) is 12.2 Å². The number of nitrogens with zero attached hydrogens (tertiary/aromatic N) is 4. The highest BCUT2D eigenvalue weighted by molar-refractivity contribution is 6.99. The molecular weight excluding hydrogens is 224 g/mol. The molecule has 0 saturated heterocycles. The van der Waals surface area contributed by atoms with E-state index >= 15 is 0 Å². The van der Waals surface area contributed by atoms with Crippen LogP contribution in [-0.4, -0.2) is 31.6 Å². The van der Waals surface area contributed by atoms with E-state index in [0.717, 1.165) is 17.4 Å². The lowest BCUT2D eigenvalue weighted by Gasteiger charge is -2.14. The lowest BCUT2D eigenvalue weighted by molar-refractivity contribution is 0.0778. The van der Waals surface area contributed by atoms with Gasteiger partial charge >= 0.3 is 0 Å². The molecule has 2 heterocycles. The Morgan fingerprint density at radius 1 is 1.50 bits per heavy atom. The van der Waals surface area contributed by atoms with E-state index in [2.05, 4.69) is 13.7 Å². The van der Waals surface area contributed by atoms with Crippen LogP contribution in [0.5, 0.6) is 0 Å². The number of carbonyl (C=O) groups excluding carboxylic acids is 1. The first-order valence-electron chi connectivity index (χ1n) is 4.70. The summed E-state index contributed by atoms with van der Waals surface area (Å²) in [6.45, 7) is 0.469. The molecule has 0 radical (unpaired) electrons. The Hall–Kier alpha value is -1.82. The average Bonchev–Trinajstić information content (AvgIpc) is 2.83. The number of carbonyl (C=O) groups is 1. The van der Waals surface area contributed by atoms with Gasteiger partial charge in [-0.3, -0.25) is 9.78 Å². The van der Waals surface area contributed by atoms with Crippen LogP contribution in [0.4, 0.5) is 0 Å². The minimum atomic E-state index is -0.139. The molecule has 0 saturated carbocycles. The van der Waals surface area contributed by atoms with Gasteiger partial charge < -0.3 is 4.90 Å². The van der Waals surface area contributed by atoms with Gasteiger partial charge in [0.2, 0.25) is 0 Å². The standard InChI is InChI=1S/C10H10N4OS/c1-14(7-8-4-2-3-5-11-8)10(15)9-6-12-16-13-9/h2-6H,7H2,1H3. The summed E-state index contributed by atoms with van der Waals surface area (Å²) in [5.74, 6) is -0.139. The molecule has 82 valence electrons. The van der Waals surface area contributed by atoms with Crippen molar-refractivity contribution in [3.05, 3.63) is 42.0 Å². The third kappa shape index (κ3) is 2.40. The van der Waals surface area contributed by atoms with Gasteiger partial charge in [0, 0.05) is 13.2 Å². The minimum absolute atomic E-state index is 0.139. The van der Waals surface area contributed by atoms with Crippen molar-refractivity contribution < 1.29 is 4.79 Å². The van der Waals surface area contributed by atoms with Crippen LogP contribution in [0.15, 0.2) is 30.6 Å². The van der Waals surface area contributed by atoms with E-state index in [1.165, 1.54) is 6.20 Å². The largest absolute Gasteiger partial charge is 0.334 e. The van der Waals surface area contributed by atoms with Gasteiger partial charge in [-0.15, -0.1) is 0 Å². The summed E-state index contributed by atoms with van der Waals surface area (Å²) in [5, 5.41) is 0. The predicted octanol–water partition coefficient (Wildman–Crippen LogP) is 1.21. The van der Waals surface area contributed by atoms with Crippen LogP contribution >= 0.6 is 11.7 Å². The van der Waals surface area contributed by atoms with E-state index in [1.807, 2.05) is 18.2 Å². The smallest absolute Gasteiger partial charge is 0.275 e. The first kappa shape index (κ1) is 10.7. The minimum Gasteiger partial charge on any atom is -0.334 e. The number of amides is 1. The predicted molar refractivity (Wildman–Crippen MR) is 59.9 cm³/mol. The Bertz CT molecular complexity index is 457. The Morgan fingerprint density at radius 2 is 2.38 bits per heavy atom. The van der Waals surface area contributed by atoms with Gasteiger partial charge in [0.1, 0.15) is 0 Å². The zero-order valence-electron chi connectivity index (χ0n) is 8.70. The summed E-state index contributed by atoms with van der Waals surface area (Å²) in [6, 6.07) is 5.61. The third-order valence-electron chi connectivity index (χ3n) is 2.05. The molecule has 1 amide bonds. The van der Waals surface area contributed by atoms with E-state index < -0.39 is 0 Å². The van der Waals surface area contributed by atoms with Crippen LogP contribution in [0.25, 0.3) is 0 Å². The maximum Gasteiger partial charge on any atom is 0.275 e. The molecule has 16 heavy (non-hydrogen) atoms. The second kappa shape index (κ2) is 4.80. The summed E-state index contributed by atoms with van der Waals surface area (Å²) in [4.78, 5) is 17.5. The summed E-state index contributed by atoms with van der Waals surface area (Å²) < 4.78 is 7.70. The Balaban J connectivity index is 2.04. The highest BCUT2D eigenvalue weighted by Gasteiger charge is 2.14. The second-order valence-electron chi connectivity index (χ2n) is 3.27. The number of aromatic nitrogens is 3. The monoisotopic (exact) mass is 234 g/mol. The summed E-state index contributed by atoms with van der Waals surface area (Å²) >= 11 is 1.03. The van der Waals surface area contributed by atoms with Crippen LogP contribution in [0.2, 0.25) is 0 Å². The Morgan fingerprint density at radius 3 is 3.00 bits per heavy atom. The van der Waals surface area contributed by atoms with Crippen LogP contribution in [0.1, 0.15) is 16.2 Å². The van der Waals surface area contributed by atoms with Gasteiger partial charge in [0.15, 0.2) is 5.69 Å². The summed E-state index contributed by atoms with van der Waals surface area (Å²) in [6.07, 6.45) is 3.18. The van der Waals surface area contributed by atoms with Gasteiger partial charge in [-0.25, -0.2) is 0 Å². The van der Waals surface area contributed by atoms with E-state index in [-0.39, 0.29) is 5.91 Å². The van der Waals surface area contributed by atoms with E-state index in [4.69, 9.17) is 0 Å². The fourth-order valence-corrected chi connectivity index (χ4v) is 1.67. The van der Waals surface area contributed by atoms with Crippen molar-refractivity contribution in [1.82, 2.24) is 18.6 Å². The highest BCUT2D eigenvalue weighted by atomic mass is 32.1. The van der Waals surface area contributed by atoms with Crippen molar-refractivity contribution in [2.24, 2.45) is 0 Å². The average molecular weight is 234 g/mol. The molecule has 2 rings (SSSR count). The van der Waals surface area contributed by atoms with Crippen molar-refractivity contribution in [2.45, 2.75) is 6.54 Å². The summed E-state index contributed by atoms with van der Waals surface area (Å²) in [7, 11) is 1.72. The zero-order valence-corrected chi connectivity index (χ0v) is 9.52. The molecule has 0 N–H and O–H groups in total. The summed E-state index contributed by atoms with van der Waals surface area (Å²) in [5.41, 5.74) is 1.23. The lowest BCUT2D eigenvalue weighted by atomic mass is 10.3.